The number of carbonyl (C=O) groups excluding carboxylic acids is 1. The van der Waals surface area contributed by atoms with Crippen LogP contribution < -0.4 is 5.30 Å². The molecule has 5 aromatic rings. The number of rotatable bonds is 5. The number of aryl methyl sites for hydroxylation is 8. The minimum absolute atomic E-state index is 0.129. The van der Waals surface area contributed by atoms with Gasteiger partial charge in [-0.05, 0) is 127 Å². The molecule has 6 rings (SSSR count). The van der Waals surface area contributed by atoms with E-state index in [0.717, 1.165) is 0 Å². The van der Waals surface area contributed by atoms with Crippen LogP contribution in [-0.2, 0) is 4.79 Å². The SMILES string of the molecule is Cc1cc(C)c(-c2cccc(-c3c(C)cc(C)cc3C)c2P2C(c3ccccc3C)CC(=O)CC2c2ccccc2C)c(C)c1. The normalized spacial score (nSPS) is 18.3. The van der Waals surface area contributed by atoms with Gasteiger partial charge >= 0.3 is 0 Å². The Labute approximate surface area is 271 Å². The molecule has 1 aliphatic rings. The van der Waals surface area contributed by atoms with E-state index < -0.39 is 7.92 Å². The Kier molecular flexibility index (Phi) is 8.69. The molecule has 0 spiro atoms. The van der Waals surface area contributed by atoms with E-state index in [2.05, 4.69) is 146 Å². The average molecular weight is 609 g/mol. The fourth-order valence-corrected chi connectivity index (χ4v) is 12.1. The molecule has 1 fully saturated rings. The molecule has 0 amide bonds. The molecule has 0 saturated carbocycles. The lowest BCUT2D eigenvalue weighted by Gasteiger charge is -2.42. The summed E-state index contributed by atoms with van der Waals surface area (Å²) < 4.78 is 0. The minimum atomic E-state index is -0.880. The van der Waals surface area contributed by atoms with Crippen molar-refractivity contribution in [3.8, 4) is 22.3 Å². The predicted molar refractivity (Wildman–Crippen MR) is 194 cm³/mol. The Morgan fingerprint density at radius 3 is 1.24 bits per heavy atom. The second kappa shape index (κ2) is 12.5. The Balaban J connectivity index is 1.77. The fraction of sp³-hybridized carbons (Fsp3) is 0.279. The van der Waals surface area contributed by atoms with Gasteiger partial charge < -0.3 is 0 Å². The zero-order valence-corrected chi connectivity index (χ0v) is 29.0. The van der Waals surface area contributed by atoms with Crippen molar-refractivity contribution in [2.75, 3.05) is 0 Å². The monoisotopic (exact) mass is 608 g/mol. The summed E-state index contributed by atoms with van der Waals surface area (Å²) in [4.78, 5) is 13.8. The molecule has 5 aromatic carbocycles. The summed E-state index contributed by atoms with van der Waals surface area (Å²) in [5.41, 5.74) is 18.6. The quantitative estimate of drug-likeness (QED) is 0.181. The van der Waals surface area contributed by atoms with Crippen LogP contribution in [0.15, 0.2) is 91.0 Å². The van der Waals surface area contributed by atoms with Crippen LogP contribution in [0.5, 0.6) is 0 Å². The van der Waals surface area contributed by atoms with Gasteiger partial charge in [0.25, 0.3) is 0 Å². The summed E-state index contributed by atoms with van der Waals surface area (Å²) in [7, 11) is -0.880. The largest absolute Gasteiger partial charge is 0.300 e. The summed E-state index contributed by atoms with van der Waals surface area (Å²) in [5.74, 6) is 0.375. The molecule has 2 heteroatoms. The second-order valence-corrected chi connectivity index (χ2v) is 15.9. The maximum absolute atomic E-state index is 13.8. The van der Waals surface area contributed by atoms with Crippen LogP contribution in [0.2, 0.25) is 0 Å². The lowest BCUT2D eigenvalue weighted by Crippen LogP contribution is -2.27. The third-order valence-corrected chi connectivity index (χ3v) is 13.1. The van der Waals surface area contributed by atoms with Crippen LogP contribution in [0, 0.1) is 55.4 Å². The molecule has 0 aliphatic carbocycles. The highest BCUT2D eigenvalue weighted by Crippen LogP contribution is 2.68. The molecule has 0 N–H and O–H groups in total. The zero-order valence-electron chi connectivity index (χ0n) is 28.1. The van der Waals surface area contributed by atoms with Gasteiger partial charge in [-0.3, -0.25) is 4.79 Å². The first-order chi connectivity index (χ1) is 21.5. The maximum atomic E-state index is 13.8. The van der Waals surface area contributed by atoms with Crippen molar-refractivity contribution in [3.63, 3.8) is 0 Å². The van der Waals surface area contributed by atoms with E-state index in [1.54, 1.807) is 0 Å². The van der Waals surface area contributed by atoms with Crippen LogP contribution in [-0.4, -0.2) is 5.78 Å². The van der Waals surface area contributed by atoms with Gasteiger partial charge in [0.05, 0.1) is 0 Å². The molecule has 0 bridgehead atoms. The van der Waals surface area contributed by atoms with E-state index in [1.165, 1.54) is 83.2 Å². The van der Waals surface area contributed by atoms with Crippen LogP contribution in [0.4, 0.5) is 0 Å². The Morgan fingerprint density at radius 1 is 0.489 bits per heavy atom. The number of ketones is 1. The van der Waals surface area contributed by atoms with Gasteiger partial charge in [0.15, 0.2) is 0 Å². The highest BCUT2D eigenvalue weighted by Gasteiger charge is 2.42. The first-order valence-corrected chi connectivity index (χ1v) is 17.7. The van der Waals surface area contributed by atoms with E-state index in [9.17, 15) is 4.79 Å². The third-order valence-electron chi connectivity index (χ3n) is 9.80. The van der Waals surface area contributed by atoms with E-state index in [4.69, 9.17) is 0 Å². The van der Waals surface area contributed by atoms with Gasteiger partial charge in [0.1, 0.15) is 5.78 Å². The smallest absolute Gasteiger partial charge is 0.134 e. The summed E-state index contributed by atoms with van der Waals surface area (Å²) in [6, 6.07) is 33.9. The maximum Gasteiger partial charge on any atom is 0.134 e. The van der Waals surface area contributed by atoms with Crippen LogP contribution in [0.3, 0.4) is 0 Å². The second-order valence-electron chi connectivity index (χ2n) is 13.3. The molecule has 2 atom stereocenters. The molecule has 45 heavy (non-hydrogen) atoms. The summed E-state index contributed by atoms with van der Waals surface area (Å²) in [5, 5.41) is 1.45. The molecule has 1 aliphatic heterocycles. The fourth-order valence-electron chi connectivity index (χ4n) is 8.12. The average Bonchev–Trinajstić information content (AvgIpc) is 2.97. The minimum Gasteiger partial charge on any atom is -0.300 e. The van der Waals surface area contributed by atoms with Crippen molar-refractivity contribution in [3.05, 3.63) is 147 Å². The summed E-state index contributed by atoms with van der Waals surface area (Å²) in [6.07, 6.45) is 1.18. The lowest BCUT2D eigenvalue weighted by atomic mass is 9.89. The Morgan fingerprint density at radius 2 is 0.867 bits per heavy atom. The van der Waals surface area contributed by atoms with E-state index in [1.807, 2.05) is 0 Å². The van der Waals surface area contributed by atoms with Crippen molar-refractivity contribution >= 4 is 19.0 Å². The number of hydrogen-bond acceptors (Lipinski definition) is 1. The Hall–Kier alpha value is -3.80. The third kappa shape index (κ3) is 5.84. The lowest BCUT2D eigenvalue weighted by molar-refractivity contribution is -0.119. The van der Waals surface area contributed by atoms with Crippen molar-refractivity contribution in [2.45, 2.75) is 79.5 Å². The van der Waals surface area contributed by atoms with Crippen LogP contribution in [0.25, 0.3) is 22.3 Å². The molecular formula is C43H45OP. The van der Waals surface area contributed by atoms with E-state index in [-0.39, 0.29) is 11.3 Å². The molecule has 1 heterocycles. The first kappa shape index (κ1) is 31.2. The van der Waals surface area contributed by atoms with Crippen molar-refractivity contribution in [1.29, 1.82) is 0 Å². The van der Waals surface area contributed by atoms with Crippen molar-refractivity contribution in [2.24, 2.45) is 0 Å². The van der Waals surface area contributed by atoms with Crippen LogP contribution in [0.1, 0.15) is 79.8 Å². The van der Waals surface area contributed by atoms with E-state index >= 15 is 0 Å². The van der Waals surface area contributed by atoms with E-state index in [0.29, 0.717) is 18.6 Å². The van der Waals surface area contributed by atoms with Crippen molar-refractivity contribution < 1.29 is 4.79 Å². The predicted octanol–water partition coefficient (Wildman–Crippen LogP) is 11.4. The molecule has 1 saturated heterocycles. The highest BCUT2D eigenvalue weighted by atomic mass is 31.1. The van der Waals surface area contributed by atoms with Gasteiger partial charge in [0.2, 0.25) is 0 Å². The molecular weight excluding hydrogens is 563 g/mol. The molecule has 1 nitrogen and oxygen atoms in total. The van der Waals surface area contributed by atoms with Gasteiger partial charge in [-0.1, -0.05) is 110 Å². The van der Waals surface area contributed by atoms with Gasteiger partial charge in [-0.25, -0.2) is 0 Å². The topological polar surface area (TPSA) is 17.1 Å². The standard InChI is InChI=1S/C43H45OP/c1-26-20-30(5)41(31(6)21-26)37-18-13-19-38(42-32(7)22-27(2)23-33(42)8)43(37)45-39(35-16-11-9-14-28(35)3)24-34(44)25-40(45)36-17-12-10-15-29(36)4/h9-23,39-40H,24-25H2,1-8H3. The van der Waals surface area contributed by atoms with Gasteiger partial charge in [-0.2, -0.15) is 0 Å². The summed E-state index contributed by atoms with van der Waals surface area (Å²) in [6.45, 7) is 17.9. The van der Waals surface area contributed by atoms with Crippen LogP contribution >= 0.6 is 7.92 Å². The highest BCUT2D eigenvalue weighted by molar-refractivity contribution is 7.67. The van der Waals surface area contributed by atoms with Crippen molar-refractivity contribution in [1.82, 2.24) is 0 Å². The number of benzene rings is 5. The molecule has 0 aromatic heterocycles. The van der Waals surface area contributed by atoms with Gasteiger partial charge in [-0.15, -0.1) is 0 Å². The number of Topliss-reactive ketones (excluding diaryl/α,β-unsaturated/α-hetero) is 1. The Bertz CT molecular complexity index is 1750. The summed E-state index contributed by atoms with van der Waals surface area (Å²) >= 11 is 0. The zero-order chi connectivity index (χ0) is 32.0. The molecule has 2 unspecified atom stereocenters. The number of hydrogen-bond donors (Lipinski definition) is 0. The first-order valence-electron chi connectivity index (χ1n) is 16.3. The molecule has 228 valence electrons. The van der Waals surface area contributed by atoms with Gasteiger partial charge in [0, 0.05) is 24.2 Å². The molecule has 0 radical (unpaired) electrons. The number of carbonyl (C=O) groups is 1.